The SMILES string of the molecule is CCN(CCC(C)c1ccc(N)cc1)C(C)CN(C)C. The van der Waals surface area contributed by atoms with E-state index in [2.05, 4.69) is 56.8 Å². The quantitative estimate of drug-likeness (QED) is 0.741. The van der Waals surface area contributed by atoms with E-state index in [9.17, 15) is 0 Å². The van der Waals surface area contributed by atoms with Crippen molar-refractivity contribution in [1.29, 1.82) is 0 Å². The van der Waals surface area contributed by atoms with E-state index >= 15 is 0 Å². The lowest BCUT2D eigenvalue weighted by Crippen LogP contribution is -2.40. The minimum Gasteiger partial charge on any atom is -0.399 e. The molecule has 3 nitrogen and oxygen atoms in total. The largest absolute Gasteiger partial charge is 0.399 e. The van der Waals surface area contributed by atoms with Crippen LogP contribution >= 0.6 is 0 Å². The summed E-state index contributed by atoms with van der Waals surface area (Å²) in [6, 6.07) is 8.91. The van der Waals surface area contributed by atoms with E-state index in [1.54, 1.807) is 0 Å². The molecule has 0 aliphatic heterocycles. The van der Waals surface area contributed by atoms with E-state index in [0.717, 1.165) is 25.3 Å². The zero-order chi connectivity index (χ0) is 15.1. The molecule has 0 amide bonds. The molecule has 20 heavy (non-hydrogen) atoms. The predicted octanol–water partition coefficient (Wildman–Crippen LogP) is 3.03. The summed E-state index contributed by atoms with van der Waals surface area (Å²) < 4.78 is 0. The van der Waals surface area contributed by atoms with E-state index in [1.165, 1.54) is 12.0 Å². The van der Waals surface area contributed by atoms with Gasteiger partial charge >= 0.3 is 0 Å². The molecule has 2 N–H and O–H groups in total. The highest BCUT2D eigenvalue weighted by molar-refractivity contribution is 5.40. The standard InChI is InChI=1S/C17H31N3/c1-6-20(15(3)13-19(4)5)12-11-14(2)16-7-9-17(18)10-8-16/h7-10,14-15H,6,11-13,18H2,1-5H3. The molecule has 3 heteroatoms. The first kappa shape index (κ1) is 17.0. The number of nitrogens with zero attached hydrogens (tertiary/aromatic N) is 2. The van der Waals surface area contributed by atoms with Crippen LogP contribution in [0.3, 0.4) is 0 Å². The second kappa shape index (κ2) is 8.28. The summed E-state index contributed by atoms with van der Waals surface area (Å²) in [6.45, 7) is 10.2. The number of likely N-dealkylation sites (N-methyl/N-ethyl adjacent to an activating group) is 2. The van der Waals surface area contributed by atoms with Gasteiger partial charge in [0.1, 0.15) is 0 Å². The molecule has 0 aliphatic carbocycles. The third-order valence-electron chi connectivity index (χ3n) is 4.01. The van der Waals surface area contributed by atoms with Crippen molar-refractivity contribution in [3.63, 3.8) is 0 Å². The minimum atomic E-state index is 0.580. The molecule has 0 bridgehead atoms. The second-order valence-electron chi connectivity index (χ2n) is 6.10. The van der Waals surface area contributed by atoms with Crippen molar-refractivity contribution in [2.45, 2.75) is 39.2 Å². The molecule has 0 saturated carbocycles. The van der Waals surface area contributed by atoms with Gasteiger partial charge in [-0.3, -0.25) is 4.90 Å². The van der Waals surface area contributed by atoms with Gasteiger partial charge in [0.2, 0.25) is 0 Å². The normalized spacial score (nSPS) is 14.8. The molecule has 1 rings (SSSR count). The Labute approximate surface area is 124 Å². The van der Waals surface area contributed by atoms with Crippen molar-refractivity contribution < 1.29 is 0 Å². The number of rotatable bonds is 8. The van der Waals surface area contributed by atoms with E-state index in [1.807, 2.05) is 12.1 Å². The van der Waals surface area contributed by atoms with Crippen molar-refractivity contribution in [3.05, 3.63) is 29.8 Å². The molecule has 1 aromatic rings. The van der Waals surface area contributed by atoms with Crippen molar-refractivity contribution in [2.24, 2.45) is 0 Å². The van der Waals surface area contributed by atoms with Crippen LogP contribution in [0.2, 0.25) is 0 Å². The van der Waals surface area contributed by atoms with Gasteiger partial charge in [0, 0.05) is 18.3 Å². The zero-order valence-electron chi connectivity index (χ0n) is 13.8. The van der Waals surface area contributed by atoms with Gasteiger partial charge < -0.3 is 10.6 Å². The third kappa shape index (κ3) is 5.51. The molecule has 0 aromatic heterocycles. The van der Waals surface area contributed by atoms with Gasteiger partial charge in [-0.2, -0.15) is 0 Å². The van der Waals surface area contributed by atoms with E-state index < -0.39 is 0 Å². The molecule has 0 heterocycles. The van der Waals surface area contributed by atoms with Gasteiger partial charge in [-0.15, -0.1) is 0 Å². The summed E-state index contributed by atoms with van der Waals surface area (Å²) in [5.74, 6) is 0.580. The summed E-state index contributed by atoms with van der Waals surface area (Å²) >= 11 is 0. The van der Waals surface area contributed by atoms with Crippen LogP contribution in [-0.4, -0.2) is 49.6 Å². The molecule has 1 aromatic carbocycles. The third-order valence-corrected chi connectivity index (χ3v) is 4.01. The molecule has 0 aliphatic rings. The van der Waals surface area contributed by atoms with Gasteiger partial charge in [-0.25, -0.2) is 0 Å². The molecule has 2 atom stereocenters. The van der Waals surface area contributed by atoms with Crippen molar-refractivity contribution in [1.82, 2.24) is 9.80 Å². The predicted molar refractivity (Wildman–Crippen MR) is 89.1 cm³/mol. The van der Waals surface area contributed by atoms with E-state index in [4.69, 9.17) is 5.73 Å². The van der Waals surface area contributed by atoms with Crippen molar-refractivity contribution in [3.8, 4) is 0 Å². The first-order valence-electron chi connectivity index (χ1n) is 7.68. The number of nitrogen functional groups attached to an aromatic ring is 1. The maximum absolute atomic E-state index is 5.74. The topological polar surface area (TPSA) is 32.5 Å². The lowest BCUT2D eigenvalue weighted by molar-refractivity contribution is 0.177. The van der Waals surface area contributed by atoms with Crippen LogP contribution in [0.25, 0.3) is 0 Å². The van der Waals surface area contributed by atoms with E-state index in [0.29, 0.717) is 12.0 Å². The maximum atomic E-state index is 5.74. The Hall–Kier alpha value is -1.06. The summed E-state index contributed by atoms with van der Waals surface area (Å²) in [4.78, 5) is 4.82. The highest BCUT2D eigenvalue weighted by atomic mass is 15.2. The lowest BCUT2D eigenvalue weighted by atomic mass is 9.97. The molecule has 0 fully saturated rings. The van der Waals surface area contributed by atoms with Gasteiger partial charge in [0.25, 0.3) is 0 Å². The second-order valence-corrected chi connectivity index (χ2v) is 6.10. The summed E-state index contributed by atoms with van der Waals surface area (Å²) in [7, 11) is 4.28. The first-order valence-corrected chi connectivity index (χ1v) is 7.68. The van der Waals surface area contributed by atoms with Gasteiger partial charge in [-0.05, 0) is 64.1 Å². The Morgan fingerprint density at radius 3 is 2.20 bits per heavy atom. The Bertz CT molecular complexity index is 372. The van der Waals surface area contributed by atoms with Gasteiger partial charge in [-0.1, -0.05) is 26.0 Å². The van der Waals surface area contributed by atoms with Crippen LogP contribution in [0.4, 0.5) is 5.69 Å². The Balaban J connectivity index is 2.49. The number of nitrogens with two attached hydrogens (primary N) is 1. The molecule has 0 saturated heterocycles. The van der Waals surface area contributed by atoms with Gasteiger partial charge in [0.15, 0.2) is 0 Å². The Morgan fingerprint density at radius 2 is 1.70 bits per heavy atom. The summed E-state index contributed by atoms with van der Waals surface area (Å²) in [5, 5.41) is 0. The lowest BCUT2D eigenvalue weighted by Gasteiger charge is -2.30. The molecule has 0 spiro atoms. The van der Waals surface area contributed by atoms with Crippen LogP contribution in [0.5, 0.6) is 0 Å². The Morgan fingerprint density at radius 1 is 1.10 bits per heavy atom. The molecule has 114 valence electrons. The first-order chi connectivity index (χ1) is 9.43. The fraction of sp³-hybridized carbons (Fsp3) is 0.647. The van der Waals surface area contributed by atoms with Gasteiger partial charge in [0.05, 0.1) is 0 Å². The highest BCUT2D eigenvalue weighted by Crippen LogP contribution is 2.20. The number of anilines is 1. The van der Waals surface area contributed by atoms with Crippen LogP contribution < -0.4 is 5.73 Å². The Kier molecular flexibility index (Phi) is 7.03. The minimum absolute atomic E-state index is 0.580. The van der Waals surface area contributed by atoms with Crippen molar-refractivity contribution in [2.75, 3.05) is 39.5 Å². The molecular formula is C17H31N3. The average Bonchev–Trinajstić information content (AvgIpc) is 2.39. The number of hydrogen-bond acceptors (Lipinski definition) is 3. The highest BCUT2D eigenvalue weighted by Gasteiger charge is 2.14. The molecule has 0 radical (unpaired) electrons. The summed E-state index contributed by atoms with van der Waals surface area (Å²) in [5.41, 5.74) is 7.97. The van der Waals surface area contributed by atoms with Crippen molar-refractivity contribution >= 4 is 5.69 Å². The monoisotopic (exact) mass is 277 g/mol. The average molecular weight is 277 g/mol. The van der Waals surface area contributed by atoms with Crippen LogP contribution in [0.15, 0.2) is 24.3 Å². The van der Waals surface area contributed by atoms with Crippen LogP contribution in [0.1, 0.15) is 38.7 Å². The fourth-order valence-electron chi connectivity index (χ4n) is 2.68. The molecular weight excluding hydrogens is 246 g/mol. The number of benzene rings is 1. The molecule has 2 unspecified atom stereocenters. The number of hydrogen-bond donors (Lipinski definition) is 1. The zero-order valence-corrected chi connectivity index (χ0v) is 13.8. The summed E-state index contributed by atoms with van der Waals surface area (Å²) in [6.07, 6.45) is 1.19. The smallest absolute Gasteiger partial charge is 0.0314 e. The fourth-order valence-corrected chi connectivity index (χ4v) is 2.68. The van der Waals surface area contributed by atoms with E-state index in [-0.39, 0.29) is 0 Å². The van der Waals surface area contributed by atoms with Crippen LogP contribution in [-0.2, 0) is 0 Å². The maximum Gasteiger partial charge on any atom is 0.0314 e. The van der Waals surface area contributed by atoms with Crippen LogP contribution in [0, 0.1) is 0 Å².